The minimum atomic E-state index is -0.166. The molecule has 2 nitrogen and oxygen atoms in total. The van der Waals surface area contributed by atoms with Crippen molar-refractivity contribution in [2.24, 2.45) is 5.73 Å². The van der Waals surface area contributed by atoms with E-state index in [0.29, 0.717) is 18.7 Å². The largest absolute Gasteiger partial charge is 0.362 e. The van der Waals surface area contributed by atoms with Crippen LogP contribution in [0.4, 0.5) is 10.1 Å². The van der Waals surface area contributed by atoms with Crippen LogP contribution in [0.5, 0.6) is 0 Å². The zero-order chi connectivity index (χ0) is 14.5. The Bertz CT molecular complexity index is 537. The predicted molar refractivity (Wildman–Crippen MR) is 84.8 cm³/mol. The predicted octanol–water partition coefficient (Wildman–Crippen LogP) is 3.80. The van der Waals surface area contributed by atoms with Crippen LogP contribution in [-0.2, 0) is 13.0 Å². The summed E-state index contributed by atoms with van der Waals surface area (Å²) < 4.78 is 14.3. The molecule has 1 aromatic heterocycles. The topological polar surface area (TPSA) is 29.3 Å². The third kappa shape index (κ3) is 3.58. The third-order valence-corrected chi connectivity index (χ3v) is 4.15. The maximum Gasteiger partial charge on any atom is 0.146 e. The molecule has 2 aromatic rings. The highest BCUT2D eigenvalue weighted by Gasteiger charge is 2.16. The Kier molecular flexibility index (Phi) is 5.15. The van der Waals surface area contributed by atoms with Crippen molar-refractivity contribution in [1.29, 1.82) is 0 Å². The first-order chi connectivity index (χ1) is 9.61. The van der Waals surface area contributed by atoms with E-state index in [1.165, 1.54) is 4.88 Å². The summed E-state index contributed by atoms with van der Waals surface area (Å²) >= 11 is 1.70. The van der Waals surface area contributed by atoms with Crippen LogP contribution in [0.25, 0.3) is 0 Å². The fraction of sp³-hybridized carbons (Fsp3) is 0.375. The van der Waals surface area contributed by atoms with E-state index < -0.39 is 0 Å². The minimum absolute atomic E-state index is 0.166. The van der Waals surface area contributed by atoms with Gasteiger partial charge in [0.25, 0.3) is 0 Å². The molecule has 0 bridgehead atoms. The van der Waals surface area contributed by atoms with Gasteiger partial charge >= 0.3 is 0 Å². The molecule has 0 fully saturated rings. The zero-order valence-corrected chi connectivity index (χ0v) is 12.8. The Morgan fingerprint density at radius 1 is 1.30 bits per heavy atom. The average molecular weight is 292 g/mol. The van der Waals surface area contributed by atoms with Crippen molar-refractivity contribution in [3.63, 3.8) is 0 Å². The van der Waals surface area contributed by atoms with Gasteiger partial charge in [-0.25, -0.2) is 4.39 Å². The van der Waals surface area contributed by atoms with Gasteiger partial charge in [0.2, 0.25) is 0 Å². The molecular formula is C16H21FN2S. The average Bonchev–Trinajstić information content (AvgIpc) is 2.90. The second-order valence-electron chi connectivity index (χ2n) is 5.13. The first-order valence-electron chi connectivity index (χ1n) is 6.89. The van der Waals surface area contributed by atoms with Crippen LogP contribution in [0, 0.1) is 5.82 Å². The standard InChI is InChI=1S/C16H21FN2S/c1-12(2)19(11-14-4-3-9-20-14)16-6-5-13(7-8-18)10-15(16)17/h3-6,9-10,12H,7-8,11,18H2,1-2H3. The van der Waals surface area contributed by atoms with Gasteiger partial charge in [0.15, 0.2) is 0 Å². The van der Waals surface area contributed by atoms with Crippen LogP contribution in [0.15, 0.2) is 35.7 Å². The number of rotatable bonds is 6. The van der Waals surface area contributed by atoms with Crippen LogP contribution in [0.1, 0.15) is 24.3 Å². The Labute approximate surface area is 124 Å². The van der Waals surface area contributed by atoms with E-state index in [-0.39, 0.29) is 11.9 Å². The summed E-state index contributed by atoms with van der Waals surface area (Å²) in [5.41, 5.74) is 7.13. The Hall–Kier alpha value is -1.39. The summed E-state index contributed by atoms with van der Waals surface area (Å²) in [6.45, 7) is 5.45. The van der Waals surface area contributed by atoms with E-state index in [1.54, 1.807) is 17.4 Å². The van der Waals surface area contributed by atoms with Crippen molar-refractivity contribution in [2.45, 2.75) is 32.9 Å². The SMILES string of the molecule is CC(C)N(Cc1cccs1)c1ccc(CCN)cc1F. The maximum absolute atomic E-state index is 14.3. The molecule has 0 radical (unpaired) electrons. The van der Waals surface area contributed by atoms with E-state index in [1.807, 2.05) is 18.2 Å². The molecule has 1 aromatic carbocycles. The van der Waals surface area contributed by atoms with Gasteiger partial charge in [0, 0.05) is 10.9 Å². The van der Waals surface area contributed by atoms with Crippen LogP contribution in [-0.4, -0.2) is 12.6 Å². The molecule has 2 rings (SSSR count). The van der Waals surface area contributed by atoms with Crippen molar-refractivity contribution >= 4 is 17.0 Å². The number of nitrogens with zero attached hydrogens (tertiary/aromatic N) is 1. The molecule has 0 spiro atoms. The molecule has 0 aliphatic carbocycles. The van der Waals surface area contributed by atoms with E-state index >= 15 is 0 Å². The molecular weight excluding hydrogens is 271 g/mol. The van der Waals surface area contributed by atoms with Crippen molar-refractivity contribution in [3.05, 3.63) is 52.0 Å². The molecule has 0 amide bonds. The van der Waals surface area contributed by atoms with Gasteiger partial charge in [-0.15, -0.1) is 11.3 Å². The highest BCUT2D eigenvalue weighted by atomic mass is 32.1. The lowest BCUT2D eigenvalue weighted by Gasteiger charge is -2.29. The monoisotopic (exact) mass is 292 g/mol. The highest BCUT2D eigenvalue weighted by molar-refractivity contribution is 7.09. The van der Waals surface area contributed by atoms with Crippen molar-refractivity contribution in [1.82, 2.24) is 0 Å². The lowest BCUT2D eigenvalue weighted by Crippen LogP contribution is -2.30. The number of hydrogen-bond acceptors (Lipinski definition) is 3. The maximum atomic E-state index is 14.3. The molecule has 1 heterocycles. The molecule has 0 unspecified atom stereocenters. The zero-order valence-electron chi connectivity index (χ0n) is 12.0. The van der Waals surface area contributed by atoms with Gasteiger partial charge in [-0.3, -0.25) is 0 Å². The number of benzene rings is 1. The first kappa shape index (κ1) is 15.0. The summed E-state index contributed by atoms with van der Waals surface area (Å²) in [5.74, 6) is -0.166. The summed E-state index contributed by atoms with van der Waals surface area (Å²) in [5, 5.41) is 2.05. The molecule has 0 aliphatic rings. The second-order valence-corrected chi connectivity index (χ2v) is 6.16. The summed E-state index contributed by atoms with van der Waals surface area (Å²) in [4.78, 5) is 3.33. The fourth-order valence-corrected chi connectivity index (χ4v) is 2.92. The fourth-order valence-electron chi connectivity index (χ4n) is 2.22. The number of hydrogen-bond donors (Lipinski definition) is 1. The normalized spacial score (nSPS) is 11.1. The van der Waals surface area contributed by atoms with Gasteiger partial charge in [0.05, 0.1) is 12.2 Å². The number of nitrogens with two attached hydrogens (primary N) is 1. The lowest BCUT2D eigenvalue weighted by atomic mass is 10.1. The minimum Gasteiger partial charge on any atom is -0.362 e. The molecule has 2 N–H and O–H groups in total. The van der Waals surface area contributed by atoms with E-state index in [0.717, 1.165) is 12.1 Å². The van der Waals surface area contributed by atoms with E-state index in [4.69, 9.17) is 5.73 Å². The van der Waals surface area contributed by atoms with Crippen LogP contribution >= 0.6 is 11.3 Å². The lowest BCUT2D eigenvalue weighted by molar-refractivity contribution is 0.598. The Morgan fingerprint density at radius 3 is 2.65 bits per heavy atom. The van der Waals surface area contributed by atoms with Crippen LogP contribution in [0.3, 0.4) is 0 Å². The molecule has 108 valence electrons. The quantitative estimate of drug-likeness (QED) is 0.877. The van der Waals surface area contributed by atoms with Gasteiger partial charge < -0.3 is 10.6 Å². The number of anilines is 1. The smallest absolute Gasteiger partial charge is 0.146 e. The molecule has 20 heavy (non-hydrogen) atoms. The molecule has 0 atom stereocenters. The third-order valence-electron chi connectivity index (χ3n) is 3.28. The van der Waals surface area contributed by atoms with E-state index in [9.17, 15) is 4.39 Å². The summed E-state index contributed by atoms with van der Waals surface area (Å²) in [7, 11) is 0. The highest BCUT2D eigenvalue weighted by Crippen LogP contribution is 2.26. The van der Waals surface area contributed by atoms with Crippen molar-refractivity contribution < 1.29 is 4.39 Å². The van der Waals surface area contributed by atoms with Gasteiger partial charge in [-0.2, -0.15) is 0 Å². The Morgan fingerprint density at radius 2 is 2.10 bits per heavy atom. The van der Waals surface area contributed by atoms with Crippen molar-refractivity contribution in [2.75, 3.05) is 11.4 Å². The van der Waals surface area contributed by atoms with Gasteiger partial charge in [0.1, 0.15) is 5.82 Å². The second kappa shape index (κ2) is 6.86. The molecule has 0 saturated heterocycles. The van der Waals surface area contributed by atoms with Crippen LogP contribution < -0.4 is 10.6 Å². The van der Waals surface area contributed by atoms with E-state index in [2.05, 4.69) is 30.2 Å². The number of thiophene rings is 1. The molecule has 0 aliphatic heterocycles. The van der Waals surface area contributed by atoms with Crippen molar-refractivity contribution in [3.8, 4) is 0 Å². The van der Waals surface area contributed by atoms with Crippen LogP contribution in [0.2, 0.25) is 0 Å². The van der Waals surface area contributed by atoms with Gasteiger partial charge in [-0.05, 0) is 56.0 Å². The first-order valence-corrected chi connectivity index (χ1v) is 7.77. The summed E-state index contributed by atoms with van der Waals surface area (Å²) in [6, 6.07) is 9.79. The Balaban J connectivity index is 2.25. The van der Waals surface area contributed by atoms with Gasteiger partial charge in [-0.1, -0.05) is 12.1 Å². The molecule has 4 heteroatoms. The number of halogens is 1. The summed E-state index contributed by atoms with van der Waals surface area (Å²) in [6.07, 6.45) is 0.712. The molecule has 0 saturated carbocycles.